The predicted octanol–water partition coefficient (Wildman–Crippen LogP) is 4.12. The molecule has 90 valence electrons. The minimum Gasteiger partial charge on any atom is -0.463 e. The van der Waals surface area contributed by atoms with E-state index >= 15 is 0 Å². The van der Waals surface area contributed by atoms with Crippen molar-refractivity contribution in [1.29, 1.82) is 0 Å². The van der Waals surface area contributed by atoms with Gasteiger partial charge < -0.3 is 8.83 Å². The van der Waals surface area contributed by atoms with Crippen molar-refractivity contribution in [1.82, 2.24) is 0 Å². The van der Waals surface area contributed by atoms with Gasteiger partial charge in [-0.1, -0.05) is 28.1 Å². The molecule has 0 atom stereocenters. The second-order valence-corrected chi connectivity index (χ2v) is 4.96. The zero-order valence-corrected chi connectivity index (χ0v) is 11.2. The van der Waals surface area contributed by atoms with E-state index in [1.165, 1.54) is 0 Å². The summed E-state index contributed by atoms with van der Waals surface area (Å²) in [6.45, 7) is 1.72. The van der Waals surface area contributed by atoms with E-state index in [9.17, 15) is 4.79 Å². The molecule has 0 amide bonds. The molecular weight excluding hydrogens is 296 g/mol. The fourth-order valence-electron chi connectivity index (χ4n) is 1.94. The van der Waals surface area contributed by atoms with E-state index < -0.39 is 0 Å². The summed E-state index contributed by atoms with van der Waals surface area (Å²) in [6, 6.07) is 9.41. The summed E-state index contributed by atoms with van der Waals surface area (Å²) in [5, 5.41) is 0.489. The lowest BCUT2D eigenvalue weighted by Gasteiger charge is -1.98. The summed E-state index contributed by atoms with van der Waals surface area (Å²) in [6.07, 6.45) is 1.59. The van der Waals surface area contributed by atoms with Crippen LogP contribution in [-0.4, -0.2) is 0 Å². The van der Waals surface area contributed by atoms with Crippen LogP contribution in [0.4, 0.5) is 0 Å². The minimum atomic E-state index is -0.364. The van der Waals surface area contributed by atoms with Gasteiger partial charge in [-0.05, 0) is 24.6 Å². The second-order valence-electron chi connectivity index (χ2n) is 4.04. The van der Waals surface area contributed by atoms with Gasteiger partial charge in [0.2, 0.25) is 0 Å². The Labute approximate surface area is 111 Å². The van der Waals surface area contributed by atoms with Crippen LogP contribution in [0.15, 0.2) is 54.7 Å². The van der Waals surface area contributed by atoms with Crippen LogP contribution in [-0.2, 0) is 0 Å². The van der Waals surface area contributed by atoms with Crippen LogP contribution in [0, 0.1) is 6.92 Å². The van der Waals surface area contributed by atoms with E-state index in [2.05, 4.69) is 15.9 Å². The predicted molar refractivity (Wildman–Crippen MR) is 72.6 cm³/mol. The maximum absolute atomic E-state index is 11.9. The molecule has 0 aliphatic heterocycles. The van der Waals surface area contributed by atoms with Crippen LogP contribution in [0.2, 0.25) is 0 Å². The molecular formula is C14H9BrO3. The third kappa shape index (κ3) is 1.78. The van der Waals surface area contributed by atoms with E-state index in [1.807, 2.05) is 24.3 Å². The van der Waals surface area contributed by atoms with Crippen molar-refractivity contribution in [3.63, 3.8) is 0 Å². The molecule has 3 aromatic rings. The highest BCUT2D eigenvalue weighted by Gasteiger charge is 2.13. The van der Waals surface area contributed by atoms with Crippen LogP contribution >= 0.6 is 15.9 Å². The molecule has 0 fully saturated rings. The van der Waals surface area contributed by atoms with Crippen molar-refractivity contribution >= 4 is 26.9 Å². The van der Waals surface area contributed by atoms with Gasteiger partial charge in [-0.25, -0.2) is 4.79 Å². The first kappa shape index (κ1) is 11.3. The molecule has 0 spiro atoms. The Morgan fingerprint density at radius 2 is 1.89 bits per heavy atom. The van der Waals surface area contributed by atoms with Gasteiger partial charge >= 0.3 is 5.63 Å². The Hall–Kier alpha value is -1.81. The third-order valence-corrected chi connectivity index (χ3v) is 3.30. The lowest BCUT2D eigenvalue weighted by atomic mass is 10.1. The molecule has 3 rings (SSSR count). The maximum atomic E-state index is 11.9. The summed E-state index contributed by atoms with van der Waals surface area (Å²) in [5.74, 6) is 0.546. The summed E-state index contributed by atoms with van der Waals surface area (Å²) in [4.78, 5) is 11.9. The van der Waals surface area contributed by atoms with Gasteiger partial charge in [-0.2, -0.15) is 0 Å². The van der Waals surface area contributed by atoms with Crippen LogP contribution in [0.5, 0.6) is 0 Å². The summed E-state index contributed by atoms with van der Waals surface area (Å²) in [7, 11) is 0. The lowest BCUT2D eigenvalue weighted by molar-refractivity contribution is 0.485. The van der Waals surface area contributed by atoms with Gasteiger partial charge in [0, 0.05) is 16.1 Å². The number of hydrogen-bond donors (Lipinski definition) is 0. The zero-order valence-electron chi connectivity index (χ0n) is 9.57. The van der Waals surface area contributed by atoms with Gasteiger partial charge in [0.25, 0.3) is 0 Å². The third-order valence-electron chi connectivity index (χ3n) is 2.77. The van der Waals surface area contributed by atoms with Crippen molar-refractivity contribution < 1.29 is 8.83 Å². The smallest absolute Gasteiger partial charge is 0.347 e. The molecule has 2 aromatic heterocycles. The first-order valence-electron chi connectivity index (χ1n) is 5.43. The normalized spacial score (nSPS) is 11.0. The van der Waals surface area contributed by atoms with Crippen molar-refractivity contribution in [2.24, 2.45) is 0 Å². The zero-order chi connectivity index (χ0) is 12.7. The van der Waals surface area contributed by atoms with Crippen LogP contribution in [0.1, 0.15) is 5.76 Å². The molecule has 2 heterocycles. The molecule has 1 aromatic carbocycles. The summed E-state index contributed by atoms with van der Waals surface area (Å²) < 4.78 is 11.5. The van der Waals surface area contributed by atoms with Crippen molar-refractivity contribution in [2.75, 3.05) is 0 Å². The first-order chi connectivity index (χ1) is 8.65. The number of aryl methyl sites for hydroxylation is 1. The van der Waals surface area contributed by atoms with Crippen LogP contribution in [0.3, 0.4) is 0 Å². The molecule has 0 N–H and O–H groups in total. The first-order valence-corrected chi connectivity index (χ1v) is 6.22. The highest BCUT2D eigenvalue weighted by atomic mass is 79.9. The Bertz CT molecular complexity index is 766. The Morgan fingerprint density at radius 1 is 1.17 bits per heavy atom. The quantitative estimate of drug-likeness (QED) is 0.679. The summed E-state index contributed by atoms with van der Waals surface area (Å²) >= 11 is 3.38. The molecule has 0 bridgehead atoms. The highest BCUT2D eigenvalue weighted by Crippen LogP contribution is 2.29. The fraction of sp³-hybridized carbons (Fsp3) is 0.0714. The second kappa shape index (κ2) is 4.14. The molecule has 0 aliphatic carbocycles. The van der Waals surface area contributed by atoms with Crippen LogP contribution < -0.4 is 5.63 Å². The van der Waals surface area contributed by atoms with Gasteiger partial charge in [0.1, 0.15) is 16.7 Å². The van der Waals surface area contributed by atoms with Crippen molar-refractivity contribution in [3.8, 4) is 11.1 Å². The van der Waals surface area contributed by atoms with Gasteiger partial charge in [-0.3, -0.25) is 0 Å². The van der Waals surface area contributed by atoms with Crippen molar-refractivity contribution in [2.45, 2.75) is 6.92 Å². The van der Waals surface area contributed by atoms with E-state index in [-0.39, 0.29) is 5.63 Å². The lowest BCUT2D eigenvalue weighted by Crippen LogP contribution is -1.99. The SMILES string of the molecule is Cc1cc2occ(-c3ccc(Br)cc3)c2c(=O)o1. The molecule has 0 radical (unpaired) electrons. The number of furan rings is 1. The van der Waals surface area contributed by atoms with E-state index in [1.54, 1.807) is 19.3 Å². The monoisotopic (exact) mass is 304 g/mol. The molecule has 0 saturated heterocycles. The fourth-order valence-corrected chi connectivity index (χ4v) is 2.21. The van der Waals surface area contributed by atoms with E-state index in [4.69, 9.17) is 8.83 Å². The molecule has 4 heteroatoms. The molecule has 3 nitrogen and oxygen atoms in total. The van der Waals surface area contributed by atoms with Gasteiger partial charge in [0.05, 0.1) is 6.26 Å². The largest absolute Gasteiger partial charge is 0.463 e. The molecule has 18 heavy (non-hydrogen) atoms. The standard InChI is InChI=1S/C14H9BrO3/c1-8-6-12-13(14(16)18-8)11(7-17-12)9-2-4-10(15)5-3-9/h2-7H,1H3. The van der Waals surface area contributed by atoms with E-state index in [0.717, 1.165) is 15.6 Å². The number of benzene rings is 1. The van der Waals surface area contributed by atoms with Gasteiger partial charge in [-0.15, -0.1) is 0 Å². The maximum Gasteiger partial charge on any atom is 0.347 e. The Kier molecular flexibility index (Phi) is 2.59. The number of rotatable bonds is 1. The Balaban J connectivity index is 2.30. The number of halogens is 1. The average molecular weight is 305 g/mol. The minimum absolute atomic E-state index is 0.364. The number of hydrogen-bond acceptors (Lipinski definition) is 3. The van der Waals surface area contributed by atoms with Crippen LogP contribution in [0.25, 0.3) is 22.1 Å². The average Bonchev–Trinajstić information content (AvgIpc) is 2.74. The van der Waals surface area contributed by atoms with Gasteiger partial charge in [0.15, 0.2) is 0 Å². The Morgan fingerprint density at radius 3 is 2.61 bits per heavy atom. The topological polar surface area (TPSA) is 43.4 Å². The molecule has 0 aliphatic rings. The highest BCUT2D eigenvalue weighted by molar-refractivity contribution is 9.10. The summed E-state index contributed by atoms with van der Waals surface area (Å²) in [5.41, 5.74) is 1.87. The molecule has 0 saturated carbocycles. The number of fused-ring (bicyclic) bond motifs is 1. The van der Waals surface area contributed by atoms with E-state index in [0.29, 0.717) is 16.7 Å². The molecule has 0 unspecified atom stereocenters. The van der Waals surface area contributed by atoms with Crippen molar-refractivity contribution in [3.05, 3.63) is 57.2 Å².